The van der Waals surface area contributed by atoms with Gasteiger partial charge in [-0.3, -0.25) is 0 Å². The molecule has 0 atom stereocenters. The molecule has 1 aromatic heterocycles. The van der Waals surface area contributed by atoms with Gasteiger partial charge in [-0.1, -0.05) is 0 Å². The van der Waals surface area contributed by atoms with Gasteiger partial charge in [0.1, 0.15) is 15.7 Å². The highest BCUT2D eigenvalue weighted by Crippen LogP contribution is 2.13. The maximum absolute atomic E-state index is 10.9. The van der Waals surface area contributed by atoms with Crippen molar-refractivity contribution in [1.82, 2.24) is 9.97 Å². The molecular weight excluding hydrogens is 232 g/mol. The van der Waals surface area contributed by atoms with Gasteiger partial charge in [0, 0.05) is 18.9 Å². The number of hydrogen-bond acceptors (Lipinski definition) is 7. The van der Waals surface area contributed by atoms with Gasteiger partial charge in [0.05, 0.1) is 12.9 Å². The smallest absolute Gasteiger partial charge is 0.225 e. The van der Waals surface area contributed by atoms with Crippen molar-refractivity contribution >= 4 is 21.6 Å². The number of rotatable bonds is 5. The molecule has 0 aliphatic heterocycles. The Balaban J connectivity index is 2.63. The number of nitrogens with one attached hydrogen (secondary N) is 1. The van der Waals surface area contributed by atoms with Crippen LogP contribution in [-0.4, -0.2) is 44.0 Å². The van der Waals surface area contributed by atoms with Crippen molar-refractivity contribution in [3.8, 4) is 5.88 Å². The van der Waals surface area contributed by atoms with Gasteiger partial charge in [0.2, 0.25) is 11.8 Å². The van der Waals surface area contributed by atoms with Gasteiger partial charge in [-0.2, -0.15) is 9.97 Å². The van der Waals surface area contributed by atoms with Crippen LogP contribution < -0.4 is 15.8 Å². The molecule has 3 N–H and O–H groups in total. The highest BCUT2D eigenvalue weighted by molar-refractivity contribution is 7.90. The van der Waals surface area contributed by atoms with Crippen molar-refractivity contribution < 1.29 is 13.2 Å². The second-order valence-corrected chi connectivity index (χ2v) is 5.47. The Kier molecular flexibility index (Phi) is 3.88. The number of nitrogen functional groups attached to an aromatic ring is 1. The van der Waals surface area contributed by atoms with Crippen LogP contribution >= 0.6 is 0 Å². The fourth-order valence-corrected chi connectivity index (χ4v) is 1.48. The number of nitrogens with two attached hydrogens (primary N) is 1. The van der Waals surface area contributed by atoms with Crippen LogP contribution in [0.5, 0.6) is 5.88 Å². The third kappa shape index (κ3) is 4.30. The minimum Gasteiger partial charge on any atom is -0.481 e. The van der Waals surface area contributed by atoms with E-state index in [0.717, 1.165) is 0 Å². The Bertz CT molecular complexity index is 460. The summed E-state index contributed by atoms with van der Waals surface area (Å²) in [5, 5.41) is 2.83. The van der Waals surface area contributed by atoms with Gasteiger partial charge in [0.25, 0.3) is 0 Å². The third-order valence-electron chi connectivity index (χ3n) is 1.71. The van der Waals surface area contributed by atoms with Gasteiger partial charge in [-0.25, -0.2) is 8.42 Å². The maximum Gasteiger partial charge on any atom is 0.225 e. The second kappa shape index (κ2) is 4.97. The van der Waals surface area contributed by atoms with Crippen molar-refractivity contribution in [2.24, 2.45) is 0 Å². The van der Waals surface area contributed by atoms with Crippen molar-refractivity contribution in [3.63, 3.8) is 0 Å². The number of hydrogen-bond donors (Lipinski definition) is 2. The van der Waals surface area contributed by atoms with Gasteiger partial charge in [-0.05, 0) is 0 Å². The Morgan fingerprint density at radius 1 is 1.50 bits per heavy atom. The standard InChI is InChI=1S/C8H14N4O3S/c1-15-7-5-6(11-8(9)12-7)10-3-4-16(2,13)14/h5H,3-4H2,1-2H3,(H3,9,10,11,12). The van der Waals surface area contributed by atoms with Crippen molar-refractivity contribution in [3.05, 3.63) is 6.07 Å². The first kappa shape index (κ1) is 12.5. The van der Waals surface area contributed by atoms with Gasteiger partial charge in [-0.15, -0.1) is 0 Å². The summed E-state index contributed by atoms with van der Waals surface area (Å²) in [4.78, 5) is 7.68. The number of methoxy groups -OCH3 is 1. The molecular formula is C8H14N4O3S. The summed E-state index contributed by atoms with van der Waals surface area (Å²) in [6, 6.07) is 1.54. The Morgan fingerprint density at radius 2 is 2.19 bits per heavy atom. The number of anilines is 2. The fourth-order valence-electron chi connectivity index (χ4n) is 1.00. The highest BCUT2D eigenvalue weighted by Gasteiger charge is 2.04. The highest BCUT2D eigenvalue weighted by atomic mass is 32.2. The van der Waals surface area contributed by atoms with Crippen LogP contribution in [0, 0.1) is 0 Å². The third-order valence-corrected chi connectivity index (χ3v) is 2.65. The molecule has 0 amide bonds. The molecule has 0 aromatic carbocycles. The lowest BCUT2D eigenvalue weighted by Gasteiger charge is -2.06. The normalized spacial score (nSPS) is 11.1. The molecule has 0 aliphatic rings. The zero-order chi connectivity index (χ0) is 12.2. The number of aromatic nitrogens is 2. The van der Waals surface area contributed by atoms with Gasteiger partial charge in [0.15, 0.2) is 0 Å². The lowest BCUT2D eigenvalue weighted by molar-refractivity contribution is 0.398. The van der Waals surface area contributed by atoms with Crippen molar-refractivity contribution in [2.45, 2.75) is 0 Å². The van der Waals surface area contributed by atoms with Crippen LogP contribution in [0.15, 0.2) is 6.07 Å². The lowest BCUT2D eigenvalue weighted by Crippen LogP contribution is -2.15. The van der Waals surface area contributed by atoms with E-state index in [9.17, 15) is 8.42 Å². The van der Waals surface area contributed by atoms with E-state index >= 15 is 0 Å². The quantitative estimate of drug-likeness (QED) is 0.722. The monoisotopic (exact) mass is 246 g/mol. The molecule has 0 aliphatic carbocycles. The minimum atomic E-state index is -2.99. The first-order chi connectivity index (χ1) is 7.40. The van der Waals surface area contributed by atoms with E-state index < -0.39 is 9.84 Å². The summed E-state index contributed by atoms with van der Waals surface area (Å²) in [7, 11) is -1.53. The first-order valence-corrected chi connectivity index (χ1v) is 6.57. The van der Waals surface area contributed by atoms with Crippen molar-refractivity contribution in [1.29, 1.82) is 0 Å². The molecule has 0 saturated carbocycles. The van der Waals surface area contributed by atoms with Gasteiger partial charge < -0.3 is 15.8 Å². The second-order valence-electron chi connectivity index (χ2n) is 3.21. The Morgan fingerprint density at radius 3 is 2.75 bits per heavy atom. The zero-order valence-electron chi connectivity index (χ0n) is 9.10. The summed E-state index contributed by atoms with van der Waals surface area (Å²) in [6.45, 7) is 0.262. The molecule has 90 valence electrons. The summed E-state index contributed by atoms with van der Waals surface area (Å²) < 4.78 is 26.7. The number of nitrogens with zero attached hydrogens (tertiary/aromatic N) is 2. The number of sulfone groups is 1. The van der Waals surface area contributed by atoms with E-state index in [0.29, 0.717) is 11.7 Å². The van der Waals surface area contributed by atoms with E-state index in [2.05, 4.69) is 15.3 Å². The van der Waals surface area contributed by atoms with Crippen molar-refractivity contribution in [2.75, 3.05) is 36.7 Å². The number of ether oxygens (including phenoxy) is 1. The SMILES string of the molecule is COc1cc(NCCS(C)(=O)=O)nc(N)n1. The Hall–Kier alpha value is -1.57. The van der Waals surface area contributed by atoms with E-state index in [4.69, 9.17) is 10.5 Å². The van der Waals surface area contributed by atoms with Gasteiger partial charge >= 0.3 is 0 Å². The molecule has 1 rings (SSSR count). The van der Waals surface area contributed by atoms with E-state index in [1.54, 1.807) is 6.07 Å². The molecule has 0 fully saturated rings. The average Bonchev–Trinajstić information content (AvgIpc) is 2.14. The first-order valence-electron chi connectivity index (χ1n) is 4.51. The zero-order valence-corrected chi connectivity index (χ0v) is 9.91. The summed E-state index contributed by atoms with van der Waals surface area (Å²) in [6.07, 6.45) is 1.17. The summed E-state index contributed by atoms with van der Waals surface area (Å²) in [5.74, 6) is 0.864. The molecule has 0 unspecified atom stereocenters. The lowest BCUT2D eigenvalue weighted by atomic mass is 10.5. The summed E-state index contributed by atoms with van der Waals surface area (Å²) in [5.41, 5.74) is 5.43. The van der Waals surface area contributed by atoms with E-state index in [-0.39, 0.29) is 18.2 Å². The fraction of sp³-hybridized carbons (Fsp3) is 0.500. The maximum atomic E-state index is 10.9. The topological polar surface area (TPSA) is 107 Å². The van der Waals surface area contributed by atoms with Crippen LogP contribution in [0.3, 0.4) is 0 Å². The predicted molar refractivity (Wildman–Crippen MR) is 61.2 cm³/mol. The molecule has 16 heavy (non-hydrogen) atoms. The molecule has 0 spiro atoms. The van der Waals surface area contributed by atoms with Crippen LogP contribution in [0.1, 0.15) is 0 Å². The predicted octanol–water partition coefficient (Wildman–Crippen LogP) is -0.476. The summed E-state index contributed by atoms with van der Waals surface area (Å²) >= 11 is 0. The molecule has 0 bridgehead atoms. The largest absolute Gasteiger partial charge is 0.481 e. The molecule has 0 saturated heterocycles. The van der Waals surface area contributed by atoms with Crippen LogP contribution in [0.2, 0.25) is 0 Å². The minimum absolute atomic E-state index is 0.0270. The Labute approximate surface area is 94.0 Å². The average molecular weight is 246 g/mol. The van der Waals surface area contributed by atoms with Crippen LogP contribution in [0.25, 0.3) is 0 Å². The van der Waals surface area contributed by atoms with Crippen LogP contribution in [0.4, 0.5) is 11.8 Å². The molecule has 8 heteroatoms. The molecule has 1 aromatic rings. The molecule has 7 nitrogen and oxygen atoms in total. The molecule has 1 heterocycles. The van der Waals surface area contributed by atoms with Crippen LogP contribution in [-0.2, 0) is 9.84 Å². The van der Waals surface area contributed by atoms with E-state index in [1.165, 1.54) is 13.4 Å². The molecule has 0 radical (unpaired) electrons. The van der Waals surface area contributed by atoms with E-state index in [1.807, 2.05) is 0 Å².